The van der Waals surface area contributed by atoms with E-state index in [0.717, 1.165) is 32.9 Å². The molecule has 3 aromatic carbocycles. The fourth-order valence-corrected chi connectivity index (χ4v) is 7.22. The molecular weight excluding hydrogens is 646 g/mol. The first kappa shape index (κ1) is 31.0. The number of nitrogens with zero attached hydrogens (tertiary/aromatic N) is 3. The van der Waals surface area contributed by atoms with E-state index in [0.29, 0.717) is 39.5 Å². The second-order valence-corrected chi connectivity index (χ2v) is 13.5. The van der Waals surface area contributed by atoms with Gasteiger partial charge in [-0.05, 0) is 60.2 Å². The molecule has 6 rings (SSSR count). The van der Waals surface area contributed by atoms with Crippen LogP contribution in [0.15, 0.2) is 105 Å². The van der Waals surface area contributed by atoms with Gasteiger partial charge >= 0.3 is 5.97 Å². The third kappa shape index (κ3) is 6.14. The molecule has 6 nitrogen and oxygen atoms in total. The Labute approximate surface area is 275 Å². The van der Waals surface area contributed by atoms with Crippen LogP contribution in [-0.2, 0) is 16.1 Å². The van der Waals surface area contributed by atoms with Gasteiger partial charge in [0.15, 0.2) is 4.80 Å². The van der Waals surface area contributed by atoms with Crippen LogP contribution in [0.3, 0.4) is 0 Å². The van der Waals surface area contributed by atoms with Gasteiger partial charge < -0.3 is 9.30 Å². The maximum absolute atomic E-state index is 14.3. The van der Waals surface area contributed by atoms with Gasteiger partial charge in [-0.25, -0.2) is 9.79 Å². The maximum atomic E-state index is 14.3. The van der Waals surface area contributed by atoms with Crippen molar-refractivity contribution in [3.8, 4) is 0 Å². The van der Waals surface area contributed by atoms with Crippen LogP contribution in [0.25, 0.3) is 17.0 Å². The Bertz CT molecular complexity index is 2080. The van der Waals surface area contributed by atoms with E-state index in [1.807, 2.05) is 42.5 Å². The number of fused-ring (bicyclic) bond motifs is 2. The molecule has 2 aromatic heterocycles. The summed E-state index contributed by atoms with van der Waals surface area (Å²) in [6, 6.07) is 24.2. The number of rotatable bonds is 9. The van der Waals surface area contributed by atoms with Crippen LogP contribution >= 0.6 is 27.3 Å². The zero-order valence-corrected chi connectivity index (χ0v) is 28.3. The van der Waals surface area contributed by atoms with Gasteiger partial charge in [0.2, 0.25) is 0 Å². The fourth-order valence-electron chi connectivity index (χ4n) is 5.95. The Hall–Kier alpha value is -4.01. The van der Waals surface area contributed by atoms with Gasteiger partial charge in [0, 0.05) is 33.7 Å². The Morgan fingerprint density at radius 3 is 2.47 bits per heavy atom. The largest absolute Gasteiger partial charge is 0.463 e. The summed E-state index contributed by atoms with van der Waals surface area (Å²) in [4.78, 5) is 33.4. The van der Waals surface area contributed by atoms with E-state index in [1.54, 1.807) is 11.5 Å². The molecule has 0 saturated heterocycles. The van der Waals surface area contributed by atoms with Crippen molar-refractivity contribution in [3.05, 3.63) is 137 Å². The highest BCUT2D eigenvalue weighted by Crippen LogP contribution is 2.33. The fraction of sp³-hybridized carbons (Fsp3) is 0.270. The topological polar surface area (TPSA) is 65.6 Å². The molecule has 0 saturated carbocycles. The van der Waals surface area contributed by atoms with Crippen molar-refractivity contribution in [2.24, 2.45) is 4.99 Å². The zero-order chi connectivity index (χ0) is 31.7. The minimum Gasteiger partial charge on any atom is -0.463 e. The molecule has 1 aliphatic rings. The standard InChI is InChI=1S/C37H36BrN3O3S/c1-5-9-30-33(36(43)44-6-2)34(26-16-14-25(15-17-26)23(3)4)41-35(42)32(45-37(41)39-30)20-27-22-40(31-11-8-7-10-29(27)31)21-24-12-18-28(38)19-13-24/h7-8,10-20,22-23,34H,5-6,9,21H2,1-4H3/b32-20+/t34-/m0/s1. The Balaban J connectivity index is 1.52. The molecule has 0 bridgehead atoms. The molecule has 0 aliphatic carbocycles. The summed E-state index contributed by atoms with van der Waals surface area (Å²) in [5.74, 6) is -0.0596. The number of esters is 1. The number of para-hydroxylation sites is 1. The molecule has 0 amide bonds. The molecule has 45 heavy (non-hydrogen) atoms. The third-order valence-electron chi connectivity index (χ3n) is 8.18. The minimum absolute atomic E-state index is 0.168. The third-order valence-corrected chi connectivity index (χ3v) is 9.69. The number of aromatic nitrogens is 2. The summed E-state index contributed by atoms with van der Waals surface area (Å²) >= 11 is 4.89. The van der Waals surface area contributed by atoms with Crippen LogP contribution < -0.4 is 14.9 Å². The van der Waals surface area contributed by atoms with E-state index in [2.05, 4.69) is 83.9 Å². The molecule has 5 aromatic rings. The van der Waals surface area contributed by atoms with Gasteiger partial charge in [-0.3, -0.25) is 9.36 Å². The summed E-state index contributed by atoms with van der Waals surface area (Å²) in [6.07, 6.45) is 5.51. The first-order valence-corrected chi connectivity index (χ1v) is 17.0. The van der Waals surface area contributed by atoms with Crippen molar-refractivity contribution < 1.29 is 9.53 Å². The summed E-state index contributed by atoms with van der Waals surface area (Å²) in [7, 11) is 0. The Morgan fingerprint density at radius 2 is 1.78 bits per heavy atom. The number of thiazole rings is 1. The number of hydrogen-bond donors (Lipinski definition) is 0. The molecule has 1 atom stereocenters. The van der Waals surface area contributed by atoms with Crippen LogP contribution in [0.1, 0.15) is 74.8 Å². The summed E-state index contributed by atoms with van der Waals surface area (Å²) in [5.41, 5.74) is 6.27. The van der Waals surface area contributed by atoms with Crippen LogP contribution in [0.4, 0.5) is 0 Å². The van der Waals surface area contributed by atoms with Crippen molar-refractivity contribution >= 4 is 50.2 Å². The lowest BCUT2D eigenvalue weighted by Crippen LogP contribution is -2.40. The number of benzene rings is 3. The highest BCUT2D eigenvalue weighted by molar-refractivity contribution is 9.10. The maximum Gasteiger partial charge on any atom is 0.338 e. The highest BCUT2D eigenvalue weighted by Gasteiger charge is 2.34. The molecule has 0 radical (unpaired) electrons. The van der Waals surface area contributed by atoms with E-state index < -0.39 is 12.0 Å². The van der Waals surface area contributed by atoms with E-state index in [1.165, 1.54) is 22.5 Å². The first-order chi connectivity index (χ1) is 21.8. The number of ether oxygens (including phenoxy) is 1. The minimum atomic E-state index is -0.621. The van der Waals surface area contributed by atoms with Gasteiger partial charge in [-0.1, -0.05) is 109 Å². The van der Waals surface area contributed by atoms with Crippen LogP contribution in [0.2, 0.25) is 0 Å². The number of carbonyl (C=O) groups excluding carboxylic acids is 1. The summed E-state index contributed by atoms with van der Waals surface area (Å²) in [6.45, 7) is 9.12. The quantitative estimate of drug-likeness (QED) is 0.152. The number of carbonyl (C=O) groups is 1. The van der Waals surface area contributed by atoms with E-state index in [-0.39, 0.29) is 12.2 Å². The Morgan fingerprint density at radius 1 is 1.04 bits per heavy atom. The van der Waals surface area contributed by atoms with Gasteiger partial charge in [0.1, 0.15) is 0 Å². The molecule has 0 spiro atoms. The van der Waals surface area contributed by atoms with Crippen molar-refractivity contribution in [2.75, 3.05) is 6.61 Å². The van der Waals surface area contributed by atoms with E-state index in [4.69, 9.17) is 9.73 Å². The Kier molecular flexibility index (Phi) is 9.06. The molecule has 3 heterocycles. The second kappa shape index (κ2) is 13.2. The molecular formula is C37H36BrN3O3S. The van der Waals surface area contributed by atoms with Crippen molar-refractivity contribution in [3.63, 3.8) is 0 Å². The lowest BCUT2D eigenvalue weighted by molar-refractivity contribution is -0.139. The molecule has 0 N–H and O–H groups in total. The highest BCUT2D eigenvalue weighted by atomic mass is 79.9. The first-order valence-electron chi connectivity index (χ1n) is 15.4. The van der Waals surface area contributed by atoms with Gasteiger partial charge in [0.05, 0.1) is 28.5 Å². The average Bonchev–Trinajstić information content (AvgIpc) is 3.54. The lowest BCUT2D eigenvalue weighted by Gasteiger charge is -2.26. The number of hydrogen-bond acceptors (Lipinski definition) is 5. The van der Waals surface area contributed by atoms with Crippen molar-refractivity contribution in [1.82, 2.24) is 9.13 Å². The van der Waals surface area contributed by atoms with E-state index >= 15 is 0 Å². The zero-order valence-electron chi connectivity index (χ0n) is 25.9. The van der Waals surface area contributed by atoms with E-state index in [9.17, 15) is 9.59 Å². The average molecular weight is 683 g/mol. The predicted molar refractivity (Wildman–Crippen MR) is 185 cm³/mol. The monoisotopic (exact) mass is 681 g/mol. The van der Waals surface area contributed by atoms with Gasteiger partial charge in [-0.15, -0.1) is 0 Å². The van der Waals surface area contributed by atoms with Crippen molar-refractivity contribution in [1.29, 1.82) is 0 Å². The molecule has 8 heteroatoms. The predicted octanol–water partition coefficient (Wildman–Crippen LogP) is 7.47. The van der Waals surface area contributed by atoms with Crippen molar-refractivity contribution in [2.45, 2.75) is 59.0 Å². The van der Waals surface area contributed by atoms with Crippen LogP contribution in [0.5, 0.6) is 0 Å². The van der Waals surface area contributed by atoms with Gasteiger partial charge in [0.25, 0.3) is 5.56 Å². The molecule has 1 aliphatic heterocycles. The lowest BCUT2D eigenvalue weighted by atomic mass is 9.92. The number of allylic oxidation sites excluding steroid dienone is 1. The summed E-state index contributed by atoms with van der Waals surface area (Å²) < 4.78 is 11.1. The van der Waals surface area contributed by atoms with Gasteiger partial charge in [-0.2, -0.15) is 0 Å². The number of halogens is 1. The molecule has 0 unspecified atom stereocenters. The van der Waals surface area contributed by atoms with Crippen LogP contribution in [-0.4, -0.2) is 21.7 Å². The summed E-state index contributed by atoms with van der Waals surface area (Å²) in [5, 5.41) is 1.07. The second-order valence-electron chi connectivity index (χ2n) is 11.6. The molecule has 230 valence electrons. The molecule has 0 fully saturated rings. The smallest absolute Gasteiger partial charge is 0.338 e. The van der Waals surface area contributed by atoms with Crippen LogP contribution in [0, 0.1) is 0 Å². The SMILES string of the molecule is CCCC1=C(C(=O)OCC)[C@H](c2ccc(C(C)C)cc2)n2c(s/c(=C/c3cn(Cc4ccc(Br)cc4)c4ccccc34)c2=O)=N1. The normalized spacial score (nSPS) is 15.1.